The van der Waals surface area contributed by atoms with Gasteiger partial charge in [0.05, 0.1) is 0 Å². The number of nitrogens with zero attached hydrogens (tertiary/aromatic N) is 4. The number of aromatic nitrogens is 4. The Labute approximate surface area is 131 Å². The molecule has 0 bridgehead atoms. The van der Waals surface area contributed by atoms with Gasteiger partial charge in [-0.15, -0.1) is 0 Å². The van der Waals surface area contributed by atoms with Gasteiger partial charge in [-0.2, -0.15) is 12.4 Å². The molecule has 0 spiro atoms. The van der Waals surface area contributed by atoms with Crippen molar-refractivity contribution in [3.8, 4) is 0 Å². The summed E-state index contributed by atoms with van der Waals surface area (Å²) < 4.78 is 6.50. The van der Waals surface area contributed by atoms with Crippen LogP contribution in [0, 0.1) is 0 Å². The van der Waals surface area contributed by atoms with Crippen molar-refractivity contribution in [3.05, 3.63) is 98.1 Å². The molecule has 4 nitrogen and oxygen atoms in total. The van der Waals surface area contributed by atoms with Gasteiger partial charge in [-0.05, 0) is 73.6 Å². The smallest absolute Gasteiger partial charge is 0.516 e. The SMILES string of the molecule is C.c1cc[n-]c1.c1ccn(B(n2cccc2)n2cccc2)c1. The van der Waals surface area contributed by atoms with Crippen LogP contribution in [0.15, 0.2) is 98.1 Å². The fraction of sp³-hybridized carbons (Fsp3) is 0.0588. The first-order valence-corrected chi connectivity index (χ1v) is 6.84. The van der Waals surface area contributed by atoms with Gasteiger partial charge in [-0.25, -0.2) is 0 Å². The fourth-order valence-electron chi connectivity index (χ4n) is 2.22. The molecule has 0 aliphatic carbocycles. The minimum atomic E-state index is 0. The summed E-state index contributed by atoms with van der Waals surface area (Å²) >= 11 is 0. The molecule has 0 saturated carbocycles. The first kappa shape index (κ1) is 15.6. The first-order chi connectivity index (χ1) is 10.4. The molecule has 4 heterocycles. The van der Waals surface area contributed by atoms with Gasteiger partial charge in [-0.3, -0.25) is 0 Å². The Balaban J connectivity index is 0.000000253. The lowest BCUT2D eigenvalue weighted by molar-refractivity contribution is 0.965. The Morgan fingerprint density at radius 1 is 0.500 bits per heavy atom. The molecule has 0 fully saturated rings. The van der Waals surface area contributed by atoms with E-state index in [0.717, 1.165) is 0 Å². The molecule has 0 atom stereocenters. The van der Waals surface area contributed by atoms with E-state index in [0.29, 0.717) is 0 Å². The summed E-state index contributed by atoms with van der Waals surface area (Å²) in [4.78, 5) is 3.72. The van der Waals surface area contributed by atoms with Gasteiger partial charge in [0.1, 0.15) is 0 Å². The Kier molecular flexibility index (Phi) is 5.54. The number of hydrogen-bond acceptors (Lipinski definition) is 0. The van der Waals surface area contributed by atoms with Crippen LogP contribution in [0.5, 0.6) is 0 Å². The number of hydrogen-bond donors (Lipinski definition) is 0. The van der Waals surface area contributed by atoms with Gasteiger partial charge < -0.3 is 18.4 Å². The van der Waals surface area contributed by atoms with Crippen LogP contribution in [0.2, 0.25) is 0 Å². The van der Waals surface area contributed by atoms with Crippen LogP contribution in [0.4, 0.5) is 0 Å². The van der Waals surface area contributed by atoms with Crippen molar-refractivity contribution in [3.63, 3.8) is 0 Å². The topological polar surface area (TPSA) is 28.9 Å². The molecule has 0 saturated heterocycles. The molecule has 22 heavy (non-hydrogen) atoms. The van der Waals surface area contributed by atoms with Crippen molar-refractivity contribution < 1.29 is 0 Å². The van der Waals surface area contributed by atoms with Gasteiger partial charge in [0.25, 0.3) is 0 Å². The van der Waals surface area contributed by atoms with Crippen LogP contribution in [-0.4, -0.2) is 20.6 Å². The van der Waals surface area contributed by atoms with E-state index in [1.807, 2.05) is 48.5 Å². The van der Waals surface area contributed by atoms with Crippen LogP contribution in [0.1, 0.15) is 7.43 Å². The lowest BCUT2D eigenvalue weighted by Crippen LogP contribution is -2.39. The van der Waals surface area contributed by atoms with E-state index >= 15 is 0 Å². The monoisotopic (exact) mass is 291 g/mol. The third-order valence-corrected chi connectivity index (χ3v) is 3.14. The highest BCUT2D eigenvalue weighted by Gasteiger charge is 2.20. The second-order valence-electron chi connectivity index (χ2n) is 4.57. The Morgan fingerprint density at radius 2 is 0.818 bits per heavy atom. The summed E-state index contributed by atoms with van der Waals surface area (Å²) in [5.74, 6) is 0. The van der Waals surface area contributed by atoms with E-state index in [4.69, 9.17) is 0 Å². The van der Waals surface area contributed by atoms with Crippen LogP contribution >= 0.6 is 0 Å². The first-order valence-electron chi connectivity index (χ1n) is 6.84. The second kappa shape index (κ2) is 7.83. The Morgan fingerprint density at radius 3 is 1.05 bits per heavy atom. The van der Waals surface area contributed by atoms with Crippen molar-refractivity contribution in [2.75, 3.05) is 0 Å². The maximum atomic E-state index is 3.72. The third-order valence-electron chi connectivity index (χ3n) is 3.14. The molecule has 0 N–H and O–H groups in total. The van der Waals surface area contributed by atoms with E-state index in [1.165, 1.54) is 0 Å². The average Bonchev–Trinajstić information content (AvgIpc) is 3.32. The lowest BCUT2D eigenvalue weighted by atomic mass is 9.92. The molecule has 4 aromatic heterocycles. The highest BCUT2D eigenvalue weighted by Crippen LogP contribution is 2.03. The maximum absolute atomic E-state index is 3.72. The van der Waals surface area contributed by atoms with E-state index in [-0.39, 0.29) is 14.5 Å². The summed E-state index contributed by atoms with van der Waals surface area (Å²) in [6, 6.07) is 16.0. The molecular weight excluding hydrogens is 271 g/mol. The molecule has 0 aromatic carbocycles. The minimum Gasteiger partial charge on any atom is -0.670 e. The summed E-state index contributed by atoms with van der Waals surface area (Å²) in [6.45, 7) is 0. The summed E-state index contributed by atoms with van der Waals surface area (Å²) in [6.07, 6.45) is 15.9. The van der Waals surface area contributed by atoms with Crippen molar-refractivity contribution >= 4 is 7.12 Å². The van der Waals surface area contributed by atoms with Gasteiger partial charge >= 0.3 is 7.12 Å². The normalized spacial score (nSPS) is 9.45. The average molecular weight is 291 g/mol. The van der Waals surface area contributed by atoms with Crippen molar-refractivity contribution in [1.82, 2.24) is 18.4 Å². The van der Waals surface area contributed by atoms with Crippen LogP contribution in [0.3, 0.4) is 0 Å². The fourth-order valence-corrected chi connectivity index (χ4v) is 2.22. The van der Waals surface area contributed by atoms with E-state index in [2.05, 4.69) is 55.6 Å². The Hall–Kier alpha value is -2.82. The van der Waals surface area contributed by atoms with E-state index < -0.39 is 0 Å². The van der Waals surface area contributed by atoms with E-state index in [1.54, 1.807) is 12.4 Å². The summed E-state index contributed by atoms with van der Waals surface area (Å²) in [7, 11) is 0.139. The van der Waals surface area contributed by atoms with Crippen molar-refractivity contribution in [2.24, 2.45) is 0 Å². The predicted molar refractivity (Wildman–Crippen MR) is 91.7 cm³/mol. The standard InChI is InChI=1S/C12H12BN3.C4H4N.CH4/c1-2-8-14(7-1)13(15-9-3-4-10-15)16-11-5-6-12-16;1-2-4-5-3-1;/h1-12H;1-4H;1H4/q;-1;. The lowest BCUT2D eigenvalue weighted by Gasteiger charge is -2.16. The summed E-state index contributed by atoms with van der Waals surface area (Å²) in [5.41, 5.74) is 0. The molecule has 4 aromatic rings. The molecule has 0 aliphatic rings. The zero-order valence-corrected chi connectivity index (χ0v) is 11.6. The molecule has 4 rings (SSSR count). The van der Waals surface area contributed by atoms with Crippen LogP contribution < -0.4 is 4.98 Å². The number of rotatable bonds is 3. The highest BCUT2D eigenvalue weighted by atomic mass is 15.2. The second-order valence-corrected chi connectivity index (χ2v) is 4.57. The van der Waals surface area contributed by atoms with Crippen LogP contribution in [0.25, 0.3) is 0 Å². The zero-order valence-electron chi connectivity index (χ0n) is 11.6. The third kappa shape index (κ3) is 3.64. The van der Waals surface area contributed by atoms with E-state index in [9.17, 15) is 0 Å². The van der Waals surface area contributed by atoms with Crippen molar-refractivity contribution in [1.29, 1.82) is 0 Å². The quantitative estimate of drug-likeness (QED) is 0.532. The highest BCUT2D eigenvalue weighted by molar-refractivity contribution is 6.53. The molecule has 0 aliphatic heterocycles. The molecule has 0 unspecified atom stereocenters. The maximum Gasteiger partial charge on any atom is 0.516 e. The van der Waals surface area contributed by atoms with Gasteiger partial charge in [-0.1, -0.05) is 19.6 Å². The van der Waals surface area contributed by atoms with Crippen LogP contribution in [-0.2, 0) is 0 Å². The summed E-state index contributed by atoms with van der Waals surface area (Å²) in [5, 5.41) is 0. The largest absolute Gasteiger partial charge is 0.670 e. The predicted octanol–water partition coefficient (Wildman–Crippen LogP) is 3.30. The molecular formula is C17H20BN4-. The minimum absolute atomic E-state index is 0. The molecule has 0 radical (unpaired) electrons. The molecule has 112 valence electrons. The molecule has 5 heteroatoms. The van der Waals surface area contributed by atoms with Gasteiger partial charge in [0.15, 0.2) is 0 Å². The van der Waals surface area contributed by atoms with Gasteiger partial charge in [0, 0.05) is 0 Å². The molecule has 0 amide bonds. The van der Waals surface area contributed by atoms with Gasteiger partial charge in [0.2, 0.25) is 0 Å². The zero-order chi connectivity index (χ0) is 14.3. The van der Waals surface area contributed by atoms with Crippen molar-refractivity contribution in [2.45, 2.75) is 7.43 Å². The Bertz CT molecular complexity index is 596.